The van der Waals surface area contributed by atoms with E-state index in [2.05, 4.69) is 229 Å². The van der Waals surface area contributed by atoms with Crippen molar-refractivity contribution in [3.05, 3.63) is 174 Å². The number of nitrogens with zero attached hydrogens (tertiary/aromatic N) is 3. The number of hydrogen-bond donors (Lipinski definition) is 0. The molecule has 0 spiro atoms. The molecule has 3 aliphatic heterocycles. The summed E-state index contributed by atoms with van der Waals surface area (Å²) in [7, 11) is 0. The van der Waals surface area contributed by atoms with Gasteiger partial charge in [0.2, 0.25) is 0 Å². The Bertz CT molecular complexity index is 3900. The van der Waals surface area contributed by atoms with Crippen molar-refractivity contribution in [1.29, 1.82) is 0 Å². The number of thiophene rings is 1. The van der Waals surface area contributed by atoms with E-state index in [0.717, 1.165) is 34.0 Å². The molecular weight excluding hydrogens is 882 g/mol. The average molecular weight is 942 g/mol. The Morgan fingerprint density at radius 1 is 0.521 bits per heavy atom. The summed E-state index contributed by atoms with van der Waals surface area (Å²) in [5.41, 5.74) is 21.1. The van der Waals surface area contributed by atoms with E-state index in [0.29, 0.717) is 0 Å². The van der Waals surface area contributed by atoms with Crippen LogP contribution in [0.4, 0.5) is 45.5 Å². The zero-order valence-corrected chi connectivity index (χ0v) is 43.3. The molecule has 0 radical (unpaired) electrons. The molecule has 0 saturated heterocycles. The molecule has 71 heavy (non-hydrogen) atoms. The van der Waals surface area contributed by atoms with Crippen molar-refractivity contribution in [1.82, 2.24) is 0 Å². The highest BCUT2D eigenvalue weighted by atomic mass is 32.1. The van der Waals surface area contributed by atoms with Crippen molar-refractivity contribution in [2.24, 2.45) is 0 Å². The molecule has 350 valence electrons. The molecule has 4 nitrogen and oxygen atoms in total. The van der Waals surface area contributed by atoms with Crippen LogP contribution in [0.2, 0.25) is 0 Å². The van der Waals surface area contributed by atoms with Gasteiger partial charge in [-0.25, -0.2) is 0 Å². The maximum absolute atomic E-state index is 6.62. The largest absolute Gasteiger partial charge is 0.456 e. The fraction of sp³-hybridized carbons (Fsp3) is 0.262. The van der Waals surface area contributed by atoms with Gasteiger partial charge in [-0.2, -0.15) is 0 Å². The van der Waals surface area contributed by atoms with Crippen LogP contribution in [-0.2, 0) is 16.2 Å². The molecule has 6 heteroatoms. The fourth-order valence-corrected chi connectivity index (χ4v) is 14.8. The Kier molecular flexibility index (Phi) is 8.90. The molecule has 5 heterocycles. The first-order valence-electron chi connectivity index (χ1n) is 25.9. The van der Waals surface area contributed by atoms with E-state index in [4.69, 9.17) is 4.42 Å². The molecule has 0 amide bonds. The monoisotopic (exact) mass is 941 g/mol. The second-order valence-electron chi connectivity index (χ2n) is 23.7. The van der Waals surface area contributed by atoms with Gasteiger partial charge in [-0.3, -0.25) is 0 Å². The van der Waals surface area contributed by atoms with E-state index in [1.165, 1.54) is 118 Å². The van der Waals surface area contributed by atoms with E-state index in [1.807, 2.05) is 11.3 Å². The molecule has 2 unspecified atom stereocenters. The number of hydrogen-bond acceptors (Lipinski definition) is 5. The molecular formula is C65H60BN3OS. The summed E-state index contributed by atoms with van der Waals surface area (Å²) in [6.45, 7) is 21.5. The summed E-state index contributed by atoms with van der Waals surface area (Å²) in [5, 5.41) is 4.90. The van der Waals surface area contributed by atoms with Crippen molar-refractivity contribution in [3.63, 3.8) is 0 Å². The van der Waals surface area contributed by atoms with Crippen molar-refractivity contribution >= 4 is 122 Å². The zero-order chi connectivity index (χ0) is 48.5. The lowest BCUT2D eigenvalue weighted by molar-refractivity contribution is 0.195. The number of aryl methyl sites for hydroxylation is 1. The zero-order valence-electron chi connectivity index (χ0n) is 42.5. The lowest BCUT2D eigenvalue weighted by Crippen LogP contribution is -2.61. The Hall–Kier alpha value is -6.76. The predicted octanol–water partition coefficient (Wildman–Crippen LogP) is 16.7. The molecule has 4 aliphatic rings. The second kappa shape index (κ2) is 14.7. The van der Waals surface area contributed by atoms with Crippen LogP contribution in [0.3, 0.4) is 0 Å². The Labute approximate surface area is 422 Å². The molecule has 10 aromatic rings. The van der Waals surface area contributed by atoms with Crippen molar-refractivity contribution in [2.45, 2.75) is 110 Å². The number of benzene rings is 8. The summed E-state index contributed by atoms with van der Waals surface area (Å²) < 4.78 is 9.24. The van der Waals surface area contributed by atoms with Crippen LogP contribution in [0, 0.1) is 6.92 Å². The van der Waals surface area contributed by atoms with E-state index in [1.54, 1.807) is 0 Å². The quantitative estimate of drug-likeness (QED) is 0.165. The average Bonchev–Trinajstić information content (AvgIpc) is 3.99. The molecule has 2 atom stereocenters. The smallest absolute Gasteiger partial charge is 0.252 e. The first-order chi connectivity index (χ1) is 34.1. The Balaban J connectivity index is 1.06. The third-order valence-corrected chi connectivity index (χ3v) is 18.7. The normalized spacial score (nSPS) is 19.4. The van der Waals surface area contributed by atoms with Gasteiger partial charge in [-0.1, -0.05) is 140 Å². The molecule has 14 rings (SSSR count). The first-order valence-corrected chi connectivity index (χ1v) is 26.7. The van der Waals surface area contributed by atoms with Crippen molar-refractivity contribution < 1.29 is 4.42 Å². The number of furan rings is 1. The highest BCUT2D eigenvalue weighted by molar-refractivity contribution is 7.26. The Morgan fingerprint density at radius 2 is 1.20 bits per heavy atom. The van der Waals surface area contributed by atoms with Crippen LogP contribution in [0.5, 0.6) is 0 Å². The summed E-state index contributed by atoms with van der Waals surface area (Å²) in [6, 6.07) is 58.4. The standard InChI is InChI=1S/C65H60BN3OS/c1-39-33-55-60-56(34-39)68(53-20-16-19-47-46-18-11-13-22-59(46)71-61(47)53)54-37-43(69-51-29-23-40(62(2,3)4)35-48(51)64(8)31-14-15-32-65(64,69)9)26-28-49(54)66(60)50-36-41(63(5,6)7)24-30-52(50)67(55)42-25-27-45-44-17-10-12-21-57(44)70-58(45)38-42/h10-13,16-30,33-38H,14-15,31-32H2,1-9H3. The minimum atomic E-state index is -0.0918. The number of rotatable bonds is 3. The number of para-hydroxylation sites is 1. The van der Waals surface area contributed by atoms with Gasteiger partial charge in [-0.15, -0.1) is 11.3 Å². The summed E-state index contributed by atoms with van der Waals surface area (Å²) in [4.78, 5) is 7.98. The lowest BCUT2D eigenvalue weighted by atomic mass is 9.33. The first kappa shape index (κ1) is 43.1. The van der Waals surface area contributed by atoms with Crippen LogP contribution >= 0.6 is 11.3 Å². The molecule has 0 N–H and O–H groups in total. The van der Waals surface area contributed by atoms with Gasteiger partial charge >= 0.3 is 0 Å². The van der Waals surface area contributed by atoms with Crippen LogP contribution in [0.1, 0.15) is 103 Å². The van der Waals surface area contributed by atoms with Crippen LogP contribution in [0.15, 0.2) is 156 Å². The topological polar surface area (TPSA) is 22.9 Å². The maximum atomic E-state index is 6.62. The maximum Gasteiger partial charge on any atom is 0.252 e. The van der Waals surface area contributed by atoms with Gasteiger partial charge in [-0.05, 0) is 143 Å². The van der Waals surface area contributed by atoms with E-state index < -0.39 is 0 Å². The van der Waals surface area contributed by atoms with Gasteiger partial charge in [0.1, 0.15) is 11.2 Å². The van der Waals surface area contributed by atoms with E-state index in [9.17, 15) is 0 Å². The summed E-state index contributed by atoms with van der Waals surface area (Å²) in [6.07, 6.45) is 4.83. The second-order valence-corrected chi connectivity index (χ2v) is 24.8. The molecule has 1 fully saturated rings. The number of fused-ring (bicyclic) bond motifs is 13. The minimum absolute atomic E-state index is 0.0123. The SMILES string of the molecule is Cc1cc2c3c(c1)N(c1cccc4c1sc1ccccc14)c1cc(N4c5ccc(C(C)(C)C)cc5C5(C)CCCCC45C)ccc1B3c1cc(C(C)(C)C)ccc1N2c1ccc2c(c1)oc1ccccc12. The fourth-order valence-electron chi connectivity index (χ4n) is 13.6. The van der Waals surface area contributed by atoms with Gasteiger partial charge in [0.15, 0.2) is 0 Å². The minimum Gasteiger partial charge on any atom is -0.456 e. The lowest BCUT2D eigenvalue weighted by Gasteiger charge is -2.50. The summed E-state index contributed by atoms with van der Waals surface area (Å²) >= 11 is 1.92. The third kappa shape index (κ3) is 5.98. The van der Waals surface area contributed by atoms with Gasteiger partial charge < -0.3 is 19.1 Å². The Morgan fingerprint density at radius 3 is 2.00 bits per heavy atom. The summed E-state index contributed by atoms with van der Waals surface area (Å²) in [5.74, 6) is 0. The predicted molar refractivity (Wildman–Crippen MR) is 306 cm³/mol. The highest BCUT2D eigenvalue weighted by Gasteiger charge is 2.58. The van der Waals surface area contributed by atoms with Crippen LogP contribution in [0.25, 0.3) is 42.1 Å². The molecule has 0 bridgehead atoms. The molecule has 8 aromatic carbocycles. The molecule has 1 saturated carbocycles. The van der Waals surface area contributed by atoms with Gasteiger partial charge in [0.25, 0.3) is 6.71 Å². The highest BCUT2D eigenvalue weighted by Crippen LogP contribution is 2.62. The van der Waals surface area contributed by atoms with Crippen molar-refractivity contribution in [2.75, 3.05) is 14.7 Å². The van der Waals surface area contributed by atoms with Crippen LogP contribution in [-0.4, -0.2) is 12.3 Å². The van der Waals surface area contributed by atoms with Crippen LogP contribution < -0.4 is 31.1 Å². The van der Waals surface area contributed by atoms with E-state index in [-0.39, 0.29) is 28.5 Å². The molecule has 2 aromatic heterocycles. The third-order valence-electron chi connectivity index (χ3n) is 17.5. The number of anilines is 8. The van der Waals surface area contributed by atoms with Crippen molar-refractivity contribution in [3.8, 4) is 0 Å². The molecule has 1 aliphatic carbocycles. The van der Waals surface area contributed by atoms with E-state index >= 15 is 0 Å². The van der Waals surface area contributed by atoms with Gasteiger partial charge in [0.05, 0.1) is 15.9 Å². The van der Waals surface area contributed by atoms with Gasteiger partial charge in [0, 0.05) is 77.5 Å².